The van der Waals surface area contributed by atoms with Crippen molar-refractivity contribution in [2.24, 2.45) is 0 Å². The number of hydrogen-bond acceptors (Lipinski definition) is 4. The third-order valence-corrected chi connectivity index (χ3v) is 6.74. The number of aryl methyl sites for hydroxylation is 1. The minimum absolute atomic E-state index is 0.375. The summed E-state index contributed by atoms with van der Waals surface area (Å²) in [6, 6.07) is 18.7. The topological polar surface area (TPSA) is 84.9 Å². The number of ether oxygens (including phenoxy) is 2. The Bertz CT molecular complexity index is 1250. The van der Waals surface area contributed by atoms with Crippen LogP contribution >= 0.6 is 0 Å². The van der Waals surface area contributed by atoms with Gasteiger partial charge < -0.3 is 19.9 Å². The predicted molar refractivity (Wildman–Crippen MR) is 166 cm³/mol. The second kappa shape index (κ2) is 17.9. The molecule has 6 heteroatoms. The van der Waals surface area contributed by atoms with Crippen LogP contribution in [0.4, 0.5) is 0 Å². The Balaban J connectivity index is 0.000000902. The third-order valence-electron chi connectivity index (χ3n) is 6.74. The molecule has 222 valence electrons. The van der Waals surface area contributed by atoms with Crippen molar-refractivity contribution in [3.63, 3.8) is 0 Å². The maximum absolute atomic E-state index is 13.1. The lowest BCUT2D eigenvalue weighted by Crippen LogP contribution is -2.40. The molecule has 0 saturated carbocycles. The molecule has 0 spiro atoms. The summed E-state index contributed by atoms with van der Waals surface area (Å²) in [6.45, 7) is 13.8. The van der Waals surface area contributed by atoms with Crippen LogP contribution in [0, 0.1) is 6.92 Å². The quantitative estimate of drug-likeness (QED) is 0.247. The van der Waals surface area contributed by atoms with Crippen molar-refractivity contribution < 1.29 is 24.2 Å². The van der Waals surface area contributed by atoms with E-state index in [0.717, 1.165) is 46.6 Å². The van der Waals surface area contributed by atoms with Crippen LogP contribution in [0.25, 0.3) is 11.1 Å². The van der Waals surface area contributed by atoms with Crippen molar-refractivity contribution in [3.8, 4) is 16.9 Å². The van der Waals surface area contributed by atoms with Crippen LogP contribution in [-0.2, 0) is 29.2 Å². The zero-order valence-electron chi connectivity index (χ0n) is 25.6. The lowest BCUT2D eigenvalue weighted by atomic mass is 9.93. The van der Waals surface area contributed by atoms with Gasteiger partial charge in [-0.3, -0.25) is 4.79 Å². The summed E-state index contributed by atoms with van der Waals surface area (Å²) in [7, 11) is 0. The van der Waals surface area contributed by atoms with Gasteiger partial charge in [0.05, 0.1) is 19.8 Å². The highest BCUT2D eigenvalue weighted by molar-refractivity contribution is 6.02. The van der Waals surface area contributed by atoms with Gasteiger partial charge in [-0.1, -0.05) is 96.3 Å². The van der Waals surface area contributed by atoms with Crippen molar-refractivity contribution in [2.45, 2.75) is 92.9 Å². The van der Waals surface area contributed by atoms with Gasteiger partial charge in [-0.15, -0.1) is 0 Å². The molecule has 2 N–H and O–H groups in total. The Hall–Kier alpha value is -3.64. The van der Waals surface area contributed by atoms with Gasteiger partial charge in [0, 0.05) is 12.0 Å². The molecule has 1 aliphatic rings. The fourth-order valence-corrected chi connectivity index (χ4v) is 4.35. The number of carbonyl (C=O) groups is 2. The van der Waals surface area contributed by atoms with E-state index in [-0.39, 0.29) is 0 Å². The monoisotopic (exact) mass is 561 g/mol. The number of amides is 1. The summed E-state index contributed by atoms with van der Waals surface area (Å²) in [5.74, 6) is -0.486. The molecule has 0 bridgehead atoms. The van der Waals surface area contributed by atoms with Crippen molar-refractivity contribution in [2.75, 3.05) is 6.61 Å². The summed E-state index contributed by atoms with van der Waals surface area (Å²) in [5, 5.41) is 12.2. The number of carboxylic acid groups (broad SMARTS) is 1. The van der Waals surface area contributed by atoms with Crippen molar-refractivity contribution in [1.82, 2.24) is 5.32 Å². The molecule has 0 radical (unpaired) electrons. The largest absolute Gasteiger partial charge is 0.493 e. The molecule has 4 rings (SSSR count). The Morgan fingerprint density at radius 2 is 1.56 bits per heavy atom. The highest BCUT2D eigenvalue weighted by atomic mass is 16.5. The van der Waals surface area contributed by atoms with E-state index in [2.05, 4.69) is 31.3 Å². The van der Waals surface area contributed by atoms with Crippen LogP contribution in [0.1, 0.15) is 92.9 Å². The van der Waals surface area contributed by atoms with E-state index < -0.39 is 17.9 Å². The summed E-state index contributed by atoms with van der Waals surface area (Å²) in [6.07, 6.45) is 4.62. The molecule has 1 amide bonds. The smallest absolute Gasteiger partial charge is 0.326 e. The van der Waals surface area contributed by atoms with Crippen LogP contribution in [0.3, 0.4) is 0 Å². The van der Waals surface area contributed by atoms with E-state index in [9.17, 15) is 14.7 Å². The number of benzene rings is 3. The minimum atomic E-state index is -1.03. The summed E-state index contributed by atoms with van der Waals surface area (Å²) in [5.41, 5.74) is 6.37. The molecular formula is C35H47NO5. The van der Waals surface area contributed by atoms with Crippen LogP contribution in [0.15, 0.2) is 60.7 Å². The molecule has 1 atom stereocenters. The van der Waals surface area contributed by atoms with E-state index in [0.29, 0.717) is 31.6 Å². The van der Waals surface area contributed by atoms with E-state index in [1.54, 1.807) is 6.07 Å². The fraction of sp³-hybridized carbons (Fsp3) is 0.429. The first-order chi connectivity index (χ1) is 19.9. The molecule has 3 aromatic rings. The maximum atomic E-state index is 13.1. The van der Waals surface area contributed by atoms with E-state index in [4.69, 9.17) is 9.47 Å². The lowest BCUT2D eigenvalue weighted by molar-refractivity contribution is -0.139. The Labute approximate surface area is 246 Å². The van der Waals surface area contributed by atoms with E-state index in [1.165, 1.54) is 18.4 Å². The van der Waals surface area contributed by atoms with Gasteiger partial charge in [0.2, 0.25) is 0 Å². The molecule has 0 saturated heterocycles. The first kappa shape index (κ1) is 33.6. The number of carboxylic acids is 1. The third kappa shape index (κ3) is 10.0. The second-order valence-electron chi connectivity index (χ2n) is 9.88. The van der Waals surface area contributed by atoms with Crippen LogP contribution in [-0.4, -0.2) is 29.6 Å². The molecule has 0 aromatic heterocycles. The van der Waals surface area contributed by atoms with Gasteiger partial charge in [-0.05, 0) is 64.9 Å². The molecule has 1 heterocycles. The SMILES string of the molecule is CC.CCCC.CCCC(NC(=O)c1ccc(COCc2ccc3c(c2)OCC3)cc1-c1ccccc1C)C(=O)O. The average molecular weight is 562 g/mol. The molecule has 41 heavy (non-hydrogen) atoms. The standard InChI is InChI=1S/C29H31NO5.C4H10.C2H6/c1-3-6-26(29(32)33)30-28(31)24-12-10-20(15-25(24)23-8-5-4-7-19(23)2)17-34-18-21-9-11-22-13-14-35-27(22)16-21;1-3-4-2;1-2/h4-5,7-12,15-16,26H,3,6,13-14,17-18H2,1-2H3,(H,30,31)(H,32,33);3-4H2,1-2H3;1-2H3. The minimum Gasteiger partial charge on any atom is -0.493 e. The fourth-order valence-electron chi connectivity index (χ4n) is 4.35. The van der Waals surface area contributed by atoms with Gasteiger partial charge in [0.1, 0.15) is 11.8 Å². The van der Waals surface area contributed by atoms with Crippen molar-refractivity contribution in [3.05, 3.63) is 88.5 Å². The molecule has 3 aromatic carbocycles. The first-order valence-corrected chi connectivity index (χ1v) is 14.9. The number of nitrogens with one attached hydrogen (secondary N) is 1. The maximum Gasteiger partial charge on any atom is 0.326 e. The lowest BCUT2D eigenvalue weighted by Gasteiger charge is -2.17. The molecule has 6 nitrogen and oxygen atoms in total. The molecular weight excluding hydrogens is 514 g/mol. The molecule has 1 unspecified atom stereocenters. The first-order valence-electron chi connectivity index (χ1n) is 14.9. The highest BCUT2D eigenvalue weighted by Crippen LogP contribution is 2.29. The zero-order valence-corrected chi connectivity index (χ0v) is 25.6. The molecule has 0 fully saturated rings. The summed E-state index contributed by atoms with van der Waals surface area (Å²) < 4.78 is 11.6. The average Bonchev–Trinajstić information content (AvgIpc) is 3.46. The number of rotatable bonds is 11. The molecule has 1 aliphatic heterocycles. The second-order valence-corrected chi connectivity index (χ2v) is 9.88. The van der Waals surface area contributed by atoms with Gasteiger partial charge in [-0.2, -0.15) is 0 Å². The van der Waals surface area contributed by atoms with Crippen LogP contribution < -0.4 is 10.1 Å². The normalized spacial score (nSPS) is 12.0. The van der Waals surface area contributed by atoms with Gasteiger partial charge in [-0.25, -0.2) is 4.79 Å². The van der Waals surface area contributed by atoms with Gasteiger partial charge in [0.15, 0.2) is 0 Å². The zero-order chi connectivity index (χ0) is 30.2. The van der Waals surface area contributed by atoms with Gasteiger partial charge in [0.25, 0.3) is 5.91 Å². The number of unbranched alkanes of at least 4 members (excludes halogenated alkanes) is 1. The highest BCUT2D eigenvalue weighted by Gasteiger charge is 2.22. The van der Waals surface area contributed by atoms with Crippen molar-refractivity contribution >= 4 is 11.9 Å². The summed E-state index contributed by atoms with van der Waals surface area (Å²) >= 11 is 0. The van der Waals surface area contributed by atoms with Crippen LogP contribution in [0.5, 0.6) is 5.75 Å². The number of aliphatic carboxylic acids is 1. The van der Waals surface area contributed by atoms with Crippen molar-refractivity contribution in [1.29, 1.82) is 0 Å². The van der Waals surface area contributed by atoms with E-state index in [1.807, 2.05) is 70.2 Å². The number of hydrogen-bond donors (Lipinski definition) is 2. The Kier molecular flexibility index (Phi) is 14.7. The molecule has 0 aliphatic carbocycles. The predicted octanol–water partition coefficient (Wildman–Crippen LogP) is 8.13. The van der Waals surface area contributed by atoms with Gasteiger partial charge >= 0.3 is 5.97 Å². The van der Waals surface area contributed by atoms with Crippen LogP contribution in [0.2, 0.25) is 0 Å². The number of fused-ring (bicyclic) bond motifs is 1. The summed E-state index contributed by atoms with van der Waals surface area (Å²) in [4.78, 5) is 24.7. The van der Waals surface area contributed by atoms with E-state index >= 15 is 0 Å². The number of carbonyl (C=O) groups excluding carboxylic acids is 1. The Morgan fingerprint density at radius 1 is 0.902 bits per heavy atom. The Morgan fingerprint density at radius 3 is 2.20 bits per heavy atom.